The molecule has 216 valence electrons. The quantitative estimate of drug-likeness (QED) is 0.220. The molecule has 0 aliphatic heterocycles. The highest BCUT2D eigenvalue weighted by molar-refractivity contribution is 6.05. The van der Waals surface area contributed by atoms with Gasteiger partial charge in [-0.25, -0.2) is 9.97 Å². The largest absolute Gasteiger partial charge is 0.493 e. The van der Waals surface area contributed by atoms with Crippen molar-refractivity contribution in [3.63, 3.8) is 0 Å². The van der Waals surface area contributed by atoms with Crippen LogP contribution in [0.15, 0.2) is 55.1 Å². The number of carbonyl (C=O) groups is 1. The summed E-state index contributed by atoms with van der Waals surface area (Å²) in [6.45, 7) is 2.79. The van der Waals surface area contributed by atoms with E-state index in [1.54, 1.807) is 31.3 Å². The molecule has 1 amide bonds. The fourth-order valence-electron chi connectivity index (χ4n) is 3.80. The lowest BCUT2D eigenvalue weighted by atomic mass is 10.1. The number of benzene rings is 2. The second kappa shape index (κ2) is 12.6. The van der Waals surface area contributed by atoms with Gasteiger partial charge >= 0.3 is 6.18 Å². The van der Waals surface area contributed by atoms with Crippen LogP contribution in [0.3, 0.4) is 0 Å². The number of hydrogen-bond acceptors (Lipinski definition) is 9. The van der Waals surface area contributed by atoms with Crippen molar-refractivity contribution < 1.29 is 22.7 Å². The minimum Gasteiger partial charge on any atom is -0.493 e. The van der Waals surface area contributed by atoms with Gasteiger partial charge in [-0.3, -0.25) is 4.79 Å². The lowest BCUT2D eigenvalue weighted by molar-refractivity contribution is -0.137. The Hall–Kier alpha value is -4.72. The van der Waals surface area contributed by atoms with Crippen LogP contribution >= 0.6 is 0 Å². The van der Waals surface area contributed by atoms with Gasteiger partial charge in [0, 0.05) is 42.7 Å². The normalized spacial score (nSPS) is 11.4. The average molecular weight is 570 g/mol. The molecule has 2 aromatic carbocycles. The Balaban J connectivity index is 1.54. The van der Waals surface area contributed by atoms with Crippen molar-refractivity contribution >= 4 is 29.0 Å². The van der Waals surface area contributed by atoms with Crippen LogP contribution in [0.2, 0.25) is 0 Å². The summed E-state index contributed by atoms with van der Waals surface area (Å²) in [5.41, 5.74) is 0.599. The number of aromatic nitrogens is 5. The van der Waals surface area contributed by atoms with Crippen LogP contribution < -0.4 is 20.7 Å². The maximum Gasteiger partial charge on any atom is 0.416 e. The van der Waals surface area contributed by atoms with E-state index < -0.39 is 17.6 Å². The Morgan fingerprint density at radius 2 is 1.85 bits per heavy atom. The number of halogens is 3. The summed E-state index contributed by atoms with van der Waals surface area (Å²) in [5, 5.41) is 12.9. The van der Waals surface area contributed by atoms with Crippen LogP contribution in [-0.4, -0.2) is 69.8 Å². The first-order valence-electron chi connectivity index (χ1n) is 12.6. The van der Waals surface area contributed by atoms with E-state index in [2.05, 4.69) is 36.0 Å². The molecule has 41 heavy (non-hydrogen) atoms. The molecule has 0 spiro atoms. The third kappa shape index (κ3) is 7.69. The van der Waals surface area contributed by atoms with Crippen molar-refractivity contribution in [2.45, 2.75) is 19.5 Å². The van der Waals surface area contributed by atoms with Gasteiger partial charge in [0.15, 0.2) is 5.82 Å². The van der Waals surface area contributed by atoms with Gasteiger partial charge in [0.25, 0.3) is 5.91 Å². The molecule has 0 saturated heterocycles. The Labute approximate surface area is 234 Å². The highest BCUT2D eigenvalue weighted by Gasteiger charge is 2.31. The summed E-state index contributed by atoms with van der Waals surface area (Å²) < 4.78 is 47.7. The van der Waals surface area contributed by atoms with Crippen LogP contribution in [0.1, 0.15) is 27.9 Å². The Morgan fingerprint density at radius 1 is 1.05 bits per heavy atom. The maximum absolute atomic E-state index is 13.6. The fraction of sp³-hybridized carbons (Fsp3) is 0.296. The molecule has 4 rings (SSSR count). The van der Waals surface area contributed by atoms with Crippen LogP contribution in [0.4, 0.5) is 36.3 Å². The molecular formula is C27H30F3N9O2. The van der Waals surface area contributed by atoms with Gasteiger partial charge in [-0.1, -0.05) is 6.07 Å². The number of hydrogen-bond donors (Lipinski definition) is 3. The highest BCUT2D eigenvalue weighted by atomic mass is 19.4. The standard InChI is InChI=1S/C27H30F3N9O2/c1-17-6-7-18(10-22(17)37-26-34-16-35-39(26)24-14-23(31-2)32-15-33-24)25(40)36-20-11-19(27(28,29)30)12-21(13-20)41-9-5-8-38(3)4/h6-7,10-16H,5,8-9H2,1-4H3,(H,36,40)(H,31,32,33)(H,34,35,37). The van der Waals surface area contributed by atoms with Crippen LogP contribution in [0, 0.1) is 6.92 Å². The SMILES string of the molecule is CNc1cc(-n2ncnc2Nc2cc(C(=O)Nc3cc(OCCCN(C)C)cc(C(F)(F)F)c3)ccc2C)ncn1. The number of anilines is 4. The number of rotatable bonds is 11. The van der Waals surface area contributed by atoms with E-state index in [-0.39, 0.29) is 23.6 Å². The Bertz CT molecular complexity index is 1510. The average Bonchev–Trinajstić information content (AvgIpc) is 3.40. The molecular weight excluding hydrogens is 539 g/mol. The minimum absolute atomic E-state index is 0.0191. The number of ether oxygens (including phenoxy) is 1. The van der Waals surface area contributed by atoms with E-state index in [0.29, 0.717) is 29.7 Å². The predicted octanol–water partition coefficient (Wildman–Crippen LogP) is 4.75. The molecule has 0 radical (unpaired) electrons. The molecule has 14 heteroatoms. The molecule has 2 heterocycles. The predicted molar refractivity (Wildman–Crippen MR) is 149 cm³/mol. The van der Waals surface area contributed by atoms with E-state index in [9.17, 15) is 18.0 Å². The zero-order valence-corrected chi connectivity index (χ0v) is 23.0. The molecule has 4 aromatic rings. The van der Waals surface area contributed by atoms with E-state index in [1.165, 1.54) is 23.4 Å². The smallest absolute Gasteiger partial charge is 0.416 e. The Kier molecular flexibility index (Phi) is 9.02. The van der Waals surface area contributed by atoms with E-state index in [1.807, 2.05) is 25.9 Å². The number of aryl methyl sites for hydroxylation is 1. The first-order chi connectivity index (χ1) is 19.5. The molecule has 0 bridgehead atoms. The second-order valence-corrected chi connectivity index (χ2v) is 9.36. The van der Waals surface area contributed by atoms with Crippen molar-refractivity contribution in [2.24, 2.45) is 0 Å². The minimum atomic E-state index is -4.61. The number of alkyl halides is 3. The van der Waals surface area contributed by atoms with Crippen molar-refractivity contribution in [1.29, 1.82) is 0 Å². The van der Waals surface area contributed by atoms with E-state index in [4.69, 9.17) is 4.74 Å². The van der Waals surface area contributed by atoms with Gasteiger partial charge in [0.1, 0.15) is 24.2 Å². The molecule has 0 fully saturated rings. The highest BCUT2D eigenvalue weighted by Crippen LogP contribution is 2.34. The molecule has 2 aromatic heterocycles. The molecule has 0 aliphatic rings. The van der Waals surface area contributed by atoms with Crippen molar-refractivity contribution in [1.82, 2.24) is 29.6 Å². The zero-order valence-electron chi connectivity index (χ0n) is 23.0. The van der Waals surface area contributed by atoms with Gasteiger partial charge in [-0.15, -0.1) is 0 Å². The van der Waals surface area contributed by atoms with Gasteiger partial charge in [-0.2, -0.15) is 27.9 Å². The van der Waals surface area contributed by atoms with E-state index in [0.717, 1.165) is 24.2 Å². The number of nitrogens with zero attached hydrogens (tertiary/aromatic N) is 6. The van der Waals surface area contributed by atoms with Crippen LogP contribution in [-0.2, 0) is 6.18 Å². The van der Waals surface area contributed by atoms with E-state index >= 15 is 0 Å². The second-order valence-electron chi connectivity index (χ2n) is 9.36. The molecule has 0 unspecified atom stereocenters. The number of amides is 1. The summed E-state index contributed by atoms with van der Waals surface area (Å²) in [6.07, 6.45) is -1.25. The molecule has 0 saturated carbocycles. The van der Waals surface area contributed by atoms with Crippen LogP contribution in [0.5, 0.6) is 5.75 Å². The summed E-state index contributed by atoms with van der Waals surface area (Å²) >= 11 is 0. The maximum atomic E-state index is 13.6. The molecule has 11 nitrogen and oxygen atoms in total. The molecule has 0 atom stereocenters. The lowest BCUT2D eigenvalue weighted by Crippen LogP contribution is -2.16. The van der Waals surface area contributed by atoms with Crippen molar-refractivity contribution in [3.8, 4) is 11.6 Å². The topological polar surface area (TPSA) is 122 Å². The number of nitrogens with one attached hydrogen (secondary N) is 3. The zero-order chi connectivity index (χ0) is 29.6. The first kappa shape index (κ1) is 29.3. The Morgan fingerprint density at radius 3 is 2.59 bits per heavy atom. The summed E-state index contributed by atoms with van der Waals surface area (Å²) in [5.74, 6) is 0.802. The molecule has 0 aliphatic carbocycles. The molecule has 3 N–H and O–H groups in total. The third-order valence-electron chi connectivity index (χ3n) is 5.93. The van der Waals surface area contributed by atoms with Crippen molar-refractivity contribution in [3.05, 3.63) is 71.8 Å². The van der Waals surface area contributed by atoms with Crippen molar-refractivity contribution in [2.75, 3.05) is 50.2 Å². The first-order valence-corrected chi connectivity index (χ1v) is 12.6. The van der Waals surface area contributed by atoms with Gasteiger partial charge in [-0.05, 0) is 57.3 Å². The summed E-state index contributed by atoms with van der Waals surface area (Å²) in [7, 11) is 5.52. The summed E-state index contributed by atoms with van der Waals surface area (Å²) in [6, 6.07) is 9.73. The third-order valence-corrected chi connectivity index (χ3v) is 5.93. The summed E-state index contributed by atoms with van der Waals surface area (Å²) in [4.78, 5) is 27.6. The van der Waals surface area contributed by atoms with Gasteiger partial charge < -0.3 is 25.6 Å². The van der Waals surface area contributed by atoms with Gasteiger partial charge in [0.05, 0.1) is 12.2 Å². The fourth-order valence-corrected chi connectivity index (χ4v) is 3.80. The lowest BCUT2D eigenvalue weighted by Gasteiger charge is -2.15. The van der Waals surface area contributed by atoms with Crippen LogP contribution in [0.25, 0.3) is 5.82 Å². The van der Waals surface area contributed by atoms with Gasteiger partial charge in [0.2, 0.25) is 5.95 Å². The number of carbonyl (C=O) groups excluding carboxylic acids is 1. The monoisotopic (exact) mass is 569 g/mol.